The van der Waals surface area contributed by atoms with E-state index in [0.29, 0.717) is 17.5 Å². The van der Waals surface area contributed by atoms with Gasteiger partial charge in [0.15, 0.2) is 12.4 Å². The molecule has 1 amide bonds. The average Bonchev–Trinajstić information content (AvgIpc) is 3.18. The predicted octanol–water partition coefficient (Wildman–Crippen LogP) is 4.44. The summed E-state index contributed by atoms with van der Waals surface area (Å²) in [4.78, 5) is 16.5. The number of rotatable bonds is 7. The molecular formula is C21H23N3O3. The SMILES string of the molecule is CCc1ccccc1NC(=O)COc1ccc(-c2nc(C(C)C)no2)cc1. The lowest BCUT2D eigenvalue weighted by molar-refractivity contribution is -0.118. The van der Waals surface area contributed by atoms with E-state index in [-0.39, 0.29) is 18.4 Å². The minimum Gasteiger partial charge on any atom is -0.484 e. The summed E-state index contributed by atoms with van der Waals surface area (Å²) in [6.45, 7) is 6.01. The first-order valence-corrected chi connectivity index (χ1v) is 9.01. The molecule has 2 aromatic carbocycles. The Morgan fingerprint density at radius 1 is 1.15 bits per heavy atom. The van der Waals surface area contributed by atoms with Crippen LogP contribution < -0.4 is 10.1 Å². The van der Waals surface area contributed by atoms with Gasteiger partial charge in [-0.3, -0.25) is 4.79 Å². The maximum atomic E-state index is 12.1. The highest BCUT2D eigenvalue weighted by Crippen LogP contribution is 2.22. The Kier molecular flexibility index (Phi) is 5.86. The maximum Gasteiger partial charge on any atom is 0.262 e. The predicted molar refractivity (Wildman–Crippen MR) is 104 cm³/mol. The summed E-state index contributed by atoms with van der Waals surface area (Å²) in [5.74, 6) is 1.76. The Bertz CT molecular complexity index is 901. The molecule has 0 aliphatic carbocycles. The fourth-order valence-corrected chi connectivity index (χ4v) is 2.57. The first-order chi connectivity index (χ1) is 13.1. The van der Waals surface area contributed by atoms with Crippen molar-refractivity contribution in [3.8, 4) is 17.2 Å². The molecule has 0 aliphatic rings. The molecule has 1 N–H and O–H groups in total. The highest BCUT2D eigenvalue weighted by Gasteiger charge is 2.12. The molecule has 27 heavy (non-hydrogen) atoms. The lowest BCUT2D eigenvalue weighted by Gasteiger charge is -2.10. The number of carbonyl (C=O) groups excluding carboxylic acids is 1. The van der Waals surface area contributed by atoms with Crippen LogP contribution in [0.1, 0.15) is 38.1 Å². The lowest BCUT2D eigenvalue weighted by atomic mass is 10.1. The molecule has 1 heterocycles. The second kappa shape index (κ2) is 8.49. The third-order valence-electron chi connectivity index (χ3n) is 4.10. The second-order valence-electron chi connectivity index (χ2n) is 6.48. The largest absolute Gasteiger partial charge is 0.484 e. The number of benzene rings is 2. The van der Waals surface area contributed by atoms with E-state index < -0.39 is 0 Å². The molecule has 0 aliphatic heterocycles. The third kappa shape index (κ3) is 4.73. The Morgan fingerprint density at radius 2 is 1.89 bits per heavy atom. The summed E-state index contributed by atoms with van der Waals surface area (Å²) in [7, 11) is 0. The number of nitrogens with one attached hydrogen (secondary N) is 1. The van der Waals surface area contributed by atoms with Gasteiger partial charge in [-0.05, 0) is 42.3 Å². The van der Waals surface area contributed by atoms with Crippen LogP contribution in [0, 0.1) is 0 Å². The fourth-order valence-electron chi connectivity index (χ4n) is 2.57. The van der Waals surface area contributed by atoms with Crippen molar-refractivity contribution < 1.29 is 14.1 Å². The van der Waals surface area contributed by atoms with E-state index >= 15 is 0 Å². The molecule has 6 nitrogen and oxygen atoms in total. The van der Waals surface area contributed by atoms with Gasteiger partial charge in [-0.2, -0.15) is 4.98 Å². The number of aromatic nitrogens is 2. The van der Waals surface area contributed by atoms with Gasteiger partial charge in [-0.1, -0.05) is 44.1 Å². The second-order valence-corrected chi connectivity index (χ2v) is 6.48. The van der Waals surface area contributed by atoms with Crippen LogP contribution in [0.25, 0.3) is 11.5 Å². The maximum absolute atomic E-state index is 12.1. The first-order valence-electron chi connectivity index (χ1n) is 9.01. The van der Waals surface area contributed by atoms with Gasteiger partial charge in [0, 0.05) is 17.2 Å². The monoisotopic (exact) mass is 365 g/mol. The Morgan fingerprint density at radius 3 is 2.56 bits per heavy atom. The summed E-state index contributed by atoms with van der Waals surface area (Å²) in [6.07, 6.45) is 0.854. The van der Waals surface area contributed by atoms with Crippen LogP contribution in [-0.4, -0.2) is 22.7 Å². The number of anilines is 1. The molecule has 0 fully saturated rings. The molecular weight excluding hydrogens is 342 g/mol. The summed E-state index contributed by atoms with van der Waals surface area (Å²) in [6, 6.07) is 15.0. The van der Waals surface area contributed by atoms with Crippen molar-refractivity contribution in [2.24, 2.45) is 0 Å². The summed E-state index contributed by atoms with van der Waals surface area (Å²) < 4.78 is 10.8. The zero-order valence-corrected chi connectivity index (χ0v) is 15.7. The van der Waals surface area contributed by atoms with Crippen molar-refractivity contribution >= 4 is 11.6 Å². The fraction of sp³-hybridized carbons (Fsp3) is 0.286. The Balaban J connectivity index is 1.57. The van der Waals surface area contributed by atoms with Gasteiger partial charge in [0.05, 0.1) is 0 Å². The summed E-state index contributed by atoms with van der Waals surface area (Å²) in [5.41, 5.74) is 2.72. The van der Waals surface area contributed by atoms with Gasteiger partial charge in [0.1, 0.15) is 5.75 Å². The molecule has 3 rings (SSSR count). The summed E-state index contributed by atoms with van der Waals surface area (Å²) >= 11 is 0. The van der Waals surface area contributed by atoms with E-state index in [0.717, 1.165) is 23.2 Å². The molecule has 0 radical (unpaired) electrons. The van der Waals surface area contributed by atoms with Gasteiger partial charge in [-0.25, -0.2) is 0 Å². The van der Waals surface area contributed by atoms with E-state index in [4.69, 9.17) is 9.26 Å². The normalized spacial score (nSPS) is 10.8. The molecule has 0 spiro atoms. The standard InChI is InChI=1S/C21H23N3O3/c1-4-15-7-5-6-8-18(15)22-19(25)13-26-17-11-9-16(10-12-17)21-23-20(14(2)3)24-27-21/h5-12,14H,4,13H2,1-3H3,(H,22,25). The van der Waals surface area contributed by atoms with Crippen molar-refractivity contribution in [2.45, 2.75) is 33.1 Å². The molecule has 1 aromatic heterocycles. The van der Waals surface area contributed by atoms with Gasteiger partial charge in [0.2, 0.25) is 0 Å². The van der Waals surface area contributed by atoms with Gasteiger partial charge in [0.25, 0.3) is 11.8 Å². The van der Waals surface area contributed by atoms with E-state index in [1.807, 2.05) is 50.2 Å². The lowest BCUT2D eigenvalue weighted by Crippen LogP contribution is -2.20. The van der Waals surface area contributed by atoms with Crippen molar-refractivity contribution in [2.75, 3.05) is 11.9 Å². The van der Waals surface area contributed by atoms with E-state index in [9.17, 15) is 4.79 Å². The molecule has 0 saturated carbocycles. The number of amides is 1. The number of aryl methyl sites for hydroxylation is 1. The Hall–Kier alpha value is -3.15. The van der Waals surface area contributed by atoms with Crippen LogP contribution in [0.15, 0.2) is 53.1 Å². The van der Waals surface area contributed by atoms with Crippen molar-refractivity contribution in [1.29, 1.82) is 0 Å². The zero-order valence-electron chi connectivity index (χ0n) is 15.7. The number of nitrogens with zero attached hydrogens (tertiary/aromatic N) is 2. The molecule has 140 valence electrons. The number of para-hydroxylation sites is 1. The van der Waals surface area contributed by atoms with E-state index in [1.165, 1.54) is 0 Å². The van der Waals surface area contributed by atoms with E-state index in [2.05, 4.69) is 22.4 Å². The van der Waals surface area contributed by atoms with Crippen LogP contribution in [-0.2, 0) is 11.2 Å². The molecule has 6 heteroatoms. The van der Waals surface area contributed by atoms with Crippen molar-refractivity contribution in [3.63, 3.8) is 0 Å². The molecule has 0 atom stereocenters. The highest BCUT2D eigenvalue weighted by atomic mass is 16.5. The number of hydrogen-bond acceptors (Lipinski definition) is 5. The van der Waals surface area contributed by atoms with Gasteiger partial charge in [-0.15, -0.1) is 0 Å². The van der Waals surface area contributed by atoms with Crippen molar-refractivity contribution in [3.05, 3.63) is 59.9 Å². The van der Waals surface area contributed by atoms with Crippen LogP contribution >= 0.6 is 0 Å². The number of ether oxygens (including phenoxy) is 1. The molecule has 0 saturated heterocycles. The minimum atomic E-state index is -0.196. The Labute approximate surface area is 158 Å². The minimum absolute atomic E-state index is 0.0601. The number of hydrogen-bond donors (Lipinski definition) is 1. The quantitative estimate of drug-likeness (QED) is 0.670. The summed E-state index contributed by atoms with van der Waals surface area (Å²) in [5, 5.41) is 6.84. The zero-order chi connectivity index (χ0) is 19.2. The van der Waals surface area contributed by atoms with Crippen molar-refractivity contribution in [1.82, 2.24) is 10.1 Å². The molecule has 0 bridgehead atoms. The van der Waals surface area contributed by atoms with Crippen LogP contribution in [0.3, 0.4) is 0 Å². The number of carbonyl (C=O) groups is 1. The van der Waals surface area contributed by atoms with Crippen LogP contribution in [0.2, 0.25) is 0 Å². The van der Waals surface area contributed by atoms with Gasteiger partial charge < -0.3 is 14.6 Å². The highest BCUT2D eigenvalue weighted by molar-refractivity contribution is 5.92. The van der Waals surface area contributed by atoms with Crippen LogP contribution in [0.4, 0.5) is 5.69 Å². The topological polar surface area (TPSA) is 77.2 Å². The first kappa shape index (κ1) is 18.6. The van der Waals surface area contributed by atoms with Gasteiger partial charge >= 0.3 is 0 Å². The molecule has 3 aromatic rings. The average molecular weight is 365 g/mol. The van der Waals surface area contributed by atoms with Crippen LogP contribution in [0.5, 0.6) is 5.75 Å². The smallest absolute Gasteiger partial charge is 0.262 e. The van der Waals surface area contributed by atoms with E-state index in [1.54, 1.807) is 12.1 Å². The third-order valence-corrected chi connectivity index (χ3v) is 4.10. The molecule has 0 unspecified atom stereocenters.